The van der Waals surface area contributed by atoms with Gasteiger partial charge < -0.3 is 15.2 Å². The molecule has 0 atom stereocenters. The van der Waals surface area contributed by atoms with Crippen LogP contribution in [-0.2, 0) is 14.3 Å². The van der Waals surface area contributed by atoms with Crippen LogP contribution in [0.2, 0.25) is 5.02 Å². The molecule has 7 nitrogen and oxygen atoms in total. The number of hydrogen-bond donors (Lipinski definition) is 2. The number of carboxylic acids is 1. The standard InChI is InChI=1S/C19H14ClNO6/c20-15-4-2-1-3-14(15)16(22)11-27-19(26)12-5-7-13(8-6-12)21-17(23)9-10-18(24)25/h1-10H,11H2,(H,21,23)(H,24,25). The Kier molecular flexibility index (Phi) is 6.85. The average molecular weight is 388 g/mol. The van der Waals surface area contributed by atoms with Gasteiger partial charge >= 0.3 is 11.9 Å². The van der Waals surface area contributed by atoms with Crippen molar-refractivity contribution in [2.75, 3.05) is 11.9 Å². The molecule has 8 heteroatoms. The first-order chi connectivity index (χ1) is 12.9. The Morgan fingerprint density at radius 3 is 2.30 bits per heavy atom. The highest BCUT2D eigenvalue weighted by Crippen LogP contribution is 2.16. The minimum Gasteiger partial charge on any atom is -0.478 e. The summed E-state index contributed by atoms with van der Waals surface area (Å²) in [7, 11) is 0. The van der Waals surface area contributed by atoms with Crippen molar-refractivity contribution < 1.29 is 29.0 Å². The van der Waals surface area contributed by atoms with Crippen LogP contribution in [0.25, 0.3) is 0 Å². The lowest BCUT2D eigenvalue weighted by atomic mass is 10.1. The lowest BCUT2D eigenvalue weighted by Gasteiger charge is -2.07. The van der Waals surface area contributed by atoms with Crippen LogP contribution < -0.4 is 5.32 Å². The number of benzene rings is 2. The number of carbonyl (C=O) groups excluding carboxylic acids is 3. The molecule has 138 valence electrons. The summed E-state index contributed by atoms with van der Waals surface area (Å²) in [5.41, 5.74) is 0.805. The number of nitrogens with one attached hydrogen (secondary N) is 1. The number of rotatable bonds is 7. The van der Waals surface area contributed by atoms with Gasteiger partial charge in [-0.1, -0.05) is 23.7 Å². The molecule has 0 heterocycles. The molecule has 0 unspecified atom stereocenters. The van der Waals surface area contributed by atoms with Gasteiger partial charge in [0.15, 0.2) is 6.61 Å². The number of esters is 1. The van der Waals surface area contributed by atoms with Gasteiger partial charge in [-0.15, -0.1) is 0 Å². The molecular weight excluding hydrogens is 374 g/mol. The first kappa shape index (κ1) is 19.9. The van der Waals surface area contributed by atoms with Crippen molar-refractivity contribution in [1.82, 2.24) is 0 Å². The average Bonchev–Trinajstić information content (AvgIpc) is 2.65. The zero-order valence-electron chi connectivity index (χ0n) is 13.8. The Balaban J connectivity index is 1.92. The van der Waals surface area contributed by atoms with E-state index in [1.165, 1.54) is 30.3 Å². The summed E-state index contributed by atoms with van der Waals surface area (Å²) >= 11 is 5.92. The summed E-state index contributed by atoms with van der Waals surface area (Å²) in [5.74, 6) is -3.00. The van der Waals surface area contributed by atoms with Crippen LogP contribution in [0.1, 0.15) is 20.7 Å². The number of carboxylic acid groups (broad SMARTS) is 1. The Bertz CT molecular complexity index is 905. The molecule has 2 rings (SSSR count). The predicted molar refractivity (Wildman–Crippen MR) is 97.9 cm³/mol. The van der Waals surface area contributed by atoms with Gasteiger partial charge in [-0.3, -0.25) is 9.59 Å². The van der Waals surface area contributed by atoms with Crippen LogP contribution >= 0.6 is 11.6 Å². The highest BCUT2D eigenvalue weighted by molar-refractivity contribution is 6.34. The molecule has 0 aliphatic rings. The minimum absolute atomic E-state index is 0.182. The minimum atomic E-state index is -1.24. The molecule has 0 saturated heterocycles. The quantitative estimate of drug-likeness (QED) is 0.429. The molecule has 1 amide bonds. The molecule has 0 aromatic heterocycles. The van der Waals surface area contributed by atoms with Gasteiger partial charge in [-0.05, 0) is 36.4 Å². The van der Waals surface area contributed by atoms with Crippen LogP contribution in [0.5, 0.6) is 0 Å². The van der Waals surface area contributed by atoms with E-state index in [9.17, 15) is 19.2 Å². The number of hydrogen-bond acceptors (Lipinski definition) is 5. The van der Waals surface area contributed by atoms with E-state index in [0.29, 0.717) is 11.8 Å². The van der Waals surface area contributed by atoms with Crippen LogP contribution in [0.15, 0.2) is 60.7 Å². The van der Waals surface area contributed by atoms with Gasteiger partial charge in [-0.2, -0.15) is 0 Å². The number of halogens is 1. The molecule has 2 aromatic carbocycles. The van der Waals surface area contributed by atoms with Gasteiger partial charge in [0.05, 0.1) is 10.6 Å². The first-order valence-electron chi connectivity index (χ1n) is 7.63. The zero-order chi connectivity index (χ0) is 19.8. The fourth-order valence-corrected chi connectivity index (χ4v) is 2.24. The van der Waals surface area contributed by atoms with Crippen molar-refractivity contribution in [3.8, 4) is 0 Å². The molecule has 2 aromatic rings. The second kappa shape index (κ2) is 9.30. The highest BCUT2D eigenvalue weighted by Gasteiger charge is 2.14. The Labute approximate surface area is 159 Å². The molecule has 0 bridgehead atoms. The van der Waals surface area contributed by atoms with Crippen molar-refractivity contribution >= 4 is 40.9 Å². The van der Waals surface area contributed by atoms with Crippen molar-refractivity contribution in [2.24, 2.45) is 0 Å². The number of amides is 1. The Morgan fingerprint density at radius 1 is 1.00 bits per heavy atom. The lowest BCUT2D eigenvalue weighted by molar-refractivity contribution is -0.131. The van der Waals surface area contributed by atoms with Crippen molar-refractivity contribution in [2.45, 2.75) is 0 Å². The molecule has 0 radical (unpaired) electrons. The second-order valence-corrected chi connectivity index (χ2v) is 5.62. The van der Waals surface area contributed by atoms with Gasteiger partial charge in [0.2, 0.25) is 11.7 Å². The largest absolute Gasteiger partial charge is 0.478 e. The molecule has 0 fully saturated rings. The van der Waals surface area contributed by atoms with Crippen LogP contribution in [0, 0.1) is 0 Å². The van der Waals surface area contributed by atoms with Crippen LogP contribution in [0.4, 0.5) is 5.69 Å². The van der Waals surface area contributed by atoms with E-state index in [2.05, 4.69) is 5.32 Å². The molecule has 0 spiro atoms. The van der Waals surface area contributed by atoms with E-state index < -0.39 is 30.2 Å². The topological polar surface area (TPSA) is 110 Å². The molecular formula is C19H14ClNO6. The third-order valence-electron chi connectivity index (χ3n) is 3.27. The lowest BCUT2D eigenvalue weighted by Crippen LogP contribution is -2.15. The molecule has 2 N–H and O–H groups in total. The molecule has 0 saturated carbocycles. The van der Waals surface area contributed by atoms with E-state index in [4.69, 9.17) is 21.4 Å². The molecule has 0 aliphatic carbocycles. The van der Waals surface area contributed by atoms with Crippen molar-refractivity contribution in [3.63, 3.8) is 0 Å². The monoisotopic (exact) mass is 387 g/mol. The number of ketones is 1. The number of carbonyl (C=O) groups is 4. The van der Waals surface area contributed by atoms with Gasteiger partial charge in [0.25, 0.3) is 0 Å². The maximum Gasteiger partial charge on any atom is 0.338 e. The normalized spacial score (nSPS) is 10.4. The van der Waals surface area contributed by atoms with E-state index in [-0.39, 0.29) is 16.1 Å². The number of ether oxygens (including phenoxy) is 1. The number of aliphatic carboxylic acids is 1. The van der Waals surface area contributed by atoms with E-state index in [0.717, 1.165) is 6.08 Å². The van der Waals surface area contributed by atoms with Crippen molar-refractivity contribution in [3.05, 3.63) is 76.8 Å². The first-order valence-corrected chi connectivity index (χ1v) is 8.01. The highest BCUT2D eigenvalue weighted by atomic mass is 35.5. The zero-order valence-corrected chi connectivity index (χ0v) is 14.6. The van der Waals surface area contributed by atoms with E-state index in [1.807, 2.05) is 0 Å². The molecule has 0 aliphatic heterocycles. The fraction of sp³-hybridized carbons (Fsp3) is 0.0526. The maximum absolute atomic E-state index is 12.0. The Morgan fingerprint density at radius 2 is 1.67 bits per heavy atom. The van der Waals surface area contributed by atoms with Gasteiger partial charge in [0.1, 0.15) is 0 Å². The van der Waals surface area contributed by atoms with Gasteiger partial charge in [-0.25, -0.2) is 9.59 Å². The summed E-state index contributed by atoms with van der Waals surface area (Å²) in [6, 6.07) is 12.1. The SMILES string of the molecule is O=C(O)C=CC(=O)Nc1ccc(C(=O)OCC(=O)c2ccccc2Cl)cc1. The van der Waals surface area contributed by atoms with Crippen molar-refractivity contribution in [1.29, 1.82) is 0 Å². The van der Waals surface area contributed by atoms with Gasteiger partial charge in [0, 0.05) is 23.4 Å². The predicted octanol–water partition coefficient (Wildman–Crippen LogP) is 2.96. The number of Topliss-reactive ketones (excluding diaryl/α,β-unsaturated/α-hetero) is 1. The number of anilines is 1. The maximum atomic E-state index is 12.0. The summed E-state index contributed by atoms with van der Waals surface area (Å²) in [6.45, 7) is -0.457. The summed E-state index contributed by atoms with van der Waals surface area (Å²) in [5, 5.41) is 11.2. The van der Waals surface area contributed by atoms with Crippen LogP contribution in [0.3, 0.4) is 0 Å². The van der Waals surface area contributed by atoms with E-state index in [1.54, 1.807) is 18.2 Å². The van der Waals surface area contributed by atoms with E-state index >= 15 is 0 Å². The smallest absolute Gasteiger partial charge is 0.338 e. The Hall–Kier alpha value is -3.45. The third-order valence-corrected chi connectivity index (χ3v) is 3.60. The fourth-order valence-electron chi connectivity index (χ4n) is 2.00. The van der Waals surface area contributed by atoms with Crippen LogP contribution in [-0.4, -0.2) is 35.3 Å². The third kappa shape index (κ3) is 6.09. The summed E-state index contributed by atoms with van der Waals surface area (Å²) < 4.78 is 4.97. The summed E-state index contributed by atoms with van der Waals surface area (Å²) in [6.07, 6.45) is 1.57. The second-order valence-electron chi connectivity index (χ2n) is 5.22. The summed E-state index contributed by atoms with van der Waals surface area (Å²) in [4.78, 5) is 45.9. The molecule has 27 heavy (non-hydrogen) atoms.